The van der Waals surface area contributed by atoms with Crippen LogP contribution in [0.2, 0.25) is 0 Å². The van der Waals surface area contributed by atoms with Crippen molar-refractivity contribution in [3.8, 4) is 0 Å². The predicted molar refractivity (Wildman–Crippen MR) is 79.7 cm³/mol. The van der Waals surface area contributed by atoms with Crippen LogP contribution in [0.15, 0.2) is 12.7 Å². The van der Waals surface area contributed by atoms with Crippen LogP contribution in [0.25, 0.3) is 11.2 Å². The van der Waals surface area contributed by atoms with Gasteiger partial charge in [-0.2, -0.15) is 8.42 Å². The van der Waals surface area contributed by atoms with Crippen molar-refractivity contribution in [2.75, 3.05) is 6.61 Å². The number of hydrogen-bond donors (Lipinski definition) is 3. The Hall–Kier alpha value is -1.70. The molecule has 4 N–H and O–H groups in total. The van der Waals surface area contributed by atoms with E-state index >= 15 is 0 Å². The van der Waals surface area contributed by atoms with Crippen molar-refractivity contribution in [2.45, 2.75) is 37.9 Å². The molecule has 24 heavy (non-hydrogen) atoms. The van der Waals surface area contributed by atoms with Crippen LogP contribution in [-0.2, 0) is 25.6 Å². The summed E-state index contributed by atoms with van der Waals surface area (Å²) in [6.07, 6.45) is -1.32. The summed E-state index contributed by atoms with van der Waals surface area (Å²) in [5, 5.41) is 25.0. The minimum absolute atomic E-state index is 0.436. The van der Waals surface area contributed by atoms with Crippen molar-refractivity contribution in [2.24, 2.45) is 5.14 Å². The fraction of sp³-hybridized carbons (Fsp3) is 0.583. The number of rotatable bonds is 5. The lowest BCUT2D eigenvalue weighted by Crippen LogP contribution is -2.35. The molecule has 0 amide bonds. The number of hydrogen-bond acceptors (Lipinski definition) is 9. The molecule has 0 bridgehead atoms. The summed E-state index contributed by atoms with van der Waals surface area (Å²) >= 11 is 0. The standard InChI is InChI=1S/C12H17N5O6S/c1-2-6-8-11(15-4-14-6)17(5-16-8)12-10(19)9(18)7(23-12)3-22-24(13,20)21/h4-5,7,9-10,12,18-19H,2-3H2,1H3,(H2,13,20,21)/t7-,9-,10-,12-/m1/s1. The molecule has 0 unspecified atom stereocenters. The van der Waals surface area contributed by atoms with E-state index < -0.39 is 41.5 Å². The largest absolute Gasteiger partial charge is 0.387 e. The van der Waals surface area contributed by atoms with E-state index in [1.54, 1.807) is 0 Å². The Morgan fingerprint density at radius 2 is 2.08 bits per heavy atom. The number of ether oxygens (including phenoxy) is 1. The fourth-order valence-electron chi connectivity index (χ4n) is 2.60. The molecule has 1 aliphatic heterocycles. The average molecular weight is 359 g/mol. The maximum absolute atomic E-state index is 10.9. The number of aryl methyl sites for hydroxylation is 1. The minimum atomic E-state index is -4.18. The first kappa shape index (κ1) is 17.1. The number of aromatic nitrogens is 4. The molecule has 0 spiro atoms. The zero-order valence-electron chi connectivity index (χ0n) is 12.7. The van der Waals surface area contributed by atoms with Crippen LogP contribution >= 0.6 is 0 Å². The van der Waals surface area contributed by atoms with Crippen LogP contribution in [0.5, 0.6) is 0 Å². The molecule has 12 heteroatoms. The van der Waals surface area contributed by atoms with E-state index in [1.807, 2.05) is 6.92 Å². The molecule has 2 aromatic rings. The van der Waals surface area contributed by atoms with Gasteiger partial charge in [-0.1, -0.05) is 6.92 Å². The molecular formula is C12H17N5O6S. The molecule has 3 heterocycles. The molecule has 3 rings (SSSR count). The van der Waals surface area contributed by atoms with E-state index in [1.165, 1.54) is 17.2 Å². The number of aliphatic hydroxyl groups is 2. The first-order valence-electron chi connectivity index (χ1n) is 7.17. The summed E-state index contributed by atoms with van der Waals surface area (Å²) < 4.78 is 33.1. The molecule has 0 saturated carbocycles. The van der Waals surface area contributed by atoms with Gasteiger partial charge in [0.2, 0.25) is 0 Å². The Balaban J connectivity index is 1.87. The van der Waals surface area contributed by atoms with E-state index in [9.17, 15) is 18.6 Å². The summed E-state index contributed by atoms with van der Waals surface area (Å²) in [5.41, 5.74) is 1.74. The Kier molecular flexibility index (Phi) is 4.50. The van der Waals surface area contributed by atoms with Gasteiger partial charge in [-0.15, -0.1) is 0 Å². The first-order chi connectivity index (χ1) is 11.3. The van der Waals surface area contributed by atoms with Gasteiger partial charge in [-0.25, -0.2) is 20.1 Å². The van der Waals surface area contributed by atoms with Gasteiger partial charge in [0.15, 0.2) is 11.9 Å². The summed E-state index contributed by atoms with van der Waals surface area (Å²) in [5.74, 6) is 0. The van der Waals surface area contributed by atoms with E-state index in [0.29, 0.717) is 17.6 Å². The quantitative estimate of drug-likeness (QED) is 0.560. The van der Waals surface area contributed by atoms with E-state index in [2.05, 4.69) is 19.1 Å². The Labute approximate surface area is 137 Å². The van der Waals surface area contributed by atoms with E-state index in [-0.39, 0.29) is 0 Å². The number of fused-ring (bicyclic) bond motifs is 1. The summed E-state index contributed by atoms with van der Waals surface area (Å²) in [7, 11) is -4.18. The van der Waals surface area contributed by atoms with Crippen LogP contribution < -0.4 is 5.14 Å². The summed E-state index contributed by atoms with van der Waals surface area (Å²) in [6.45, 7) is 1.40. The molecule has 1 aliphatic rings. The summed E-state index contributed by atoms with van der Waals surface area (Å²) in [6, 6.07) is 0. The summed E-state index contributed by atoms with van der Waals surface area (Å²) in [4.78, 5) is 12.5. The highest BCUT2D eigenvalue weighted by Gasteiger charge is 2.44. The van der Waals surface area contributed by atoms with Gasteiger partial charge in [0, 0.05) is 0 Å². The van der Waals surface area contributed by atoms with Gasteiger partial charge >= 0.3 is 10.3 Å². The zero-order valence-corrected chi connectivity index (χ0v) is 13.5. The third kappa shape index (κ3) is 3.11. The molecule has 0 aromatic carbocycles. The number of nitrogens with zero attached hydrogens (tertiary/aromatic N) is 4. The van der Waals surface area contributed by atoms with Gasteiger partial charge in [-0.05, 0) is 6.42 Å². The maximum Gasteiger partial charge on any atom is 0.333 e. The Morgan fingerprint density at radius 1 is 1.33 bits per heavy atom. The SMILES string of the molecule is CCc1ncnc2c1ncn2[C@@H]1O[C@H](COS(N)(=O)=O)[C@@H](O)[C@H]1O. The molecular weight excluding hydrogens is 342 g/mol. The van der Waals surface area contributed by atoms with Crippen LogP contribution in [0, 0.1) is 0 Å². The molecule has 1 saturated heterocycles. The van der Waals surface area contributed by atoms with Crippen molar-refractivity contribution in [1.29, 1.82) is 0 Å². The predicted octanol–water partition coefficient (Wildman–Crippen LogP) is -1.77. The van der Waals surface area contributed by atoms with Crippen LogP contribution in [-0.4, -0.2) is 63.1 Å². The lowest BCUT2D eigenvalue weighted by Gasteiger charge is -2.16. The molecule has 0 aliphatic carbocycles. The fourth-order valence-corrected chi connectivity index (χ4v) is 2.93. The van der Waals surface area contributed by atoms with Crippen LogP contribution in [0.1, 0.15) is 18.8 Å². The molecule has 11 nitrogen and oxygen atoms in total. The normalized spacial score (nSPS) is 27.8. The van der Waals surface area contributed by atoms with Crippen molar-refractivity contribution in [3.63, 3.8) is 0 Å². The monoisotopic (exact) mass is 359 g/mol. The van der Waals surface area contributed by atoms with Gasteiger partial charge in [0.1, 0.15) is 30.2 Å². The van der Waals surface area contributed by atoms with E-state index in [0.717, 1.165) is 5.69 Å². The lowest BCUT2D eigenvalue weighted by molar-refractivity contribution is -0.0467. The second kappa shape index (κ2) is 6.31. The van der Waals surface area contributed by atoms with Gasteiger partial charge < -0.3 is 14.9 Å². The van der Waals surface area contributed by atoms with Crippen molar-refractivity contribution >= 4 is 21.5 Å². The molecule has 0 radical (unpaired) electrons. The number of imidazole rings is 1. The van der Waals surface area contributed by atoms with Crippen molar-refractivity contribution in [3.05, 3.63) is 18.3 Å². The molecule has 132 valence electrons. The highest BCUT2D eigenvalue weighted by molar-refractivity contribution is 7.84. The highest BCUT2D eigenvalue weighted by Crippen LogP contribution is 2.31. The van der Waals surface area contributed by atoms with Gasteiger partial charge in [-0.3, -0.25) is 8.75 Å². The van der Waals surface area contributed by atoms with Crippen molar-refractivity contribution < 1.29 is 27.6 Å². The number of aliphatic hydroxyl groups excluding tert-OH is 2. The van der Waals surface area contributed by atoms with Gasteiger partial charge in [0.05, 0.1) is 18.6 Å². The third-order valence-corrected chi connectivity index (χ3v) is 4.24. The molecule has 1 fully saturated rings. The van der Waals surface area contributed by atoms with E-state index in [4.69, 9.17) is 9.88 Å². The second-order valence-electron chi connectivity index (χ2n) is 5.32. The minimum Gasteiger partial charge on any atom is -0.387 e. The molecule has 4 atom stereocenters. The second-order valence-corrected chi connectivity index (χ2v) is 6.54. The number of nitrogens with two attached hydrogens (primary N) is 1. The lowest BCUT2D eigenvalue weighted by atomic mass is 10.1. The highest BCUT2D eigenvalue weighted by atomic mass is 32.2. The smallest absolute Gasteiger partial charge is 0.333 e. The van der Waals surface area contributed by atoms with Crippen LogP contribution in [0.3, 0.4) is 0 Å². The molecule has 2 aromatic heterocycles. The maximum atomic E-state index is 10.9. The first-order valence-corrected chi connectivity index (χ1v) is 8.64. The zero-order chi connectivity index (χ0) is 17.5. The average Bonchev–Trinajstić information content (AvgIpc) is 3.07. The van der Waals surface area contributed by atoms with Gasteiger partial charge in [0.25, 0.3) is 0 Å². The third-order valence-electron chi connectivity index (χ3n) is 3.78. The Bertz CT molecular complexity index is 840. The topological polar surface area (TPSA) is 163 Å². The van der Waals surface area contributed by atoms with Crippen LogP contribution in [0.4, 0.5) is 0 Å². The van der Waals surface area contributed by atoms with Crippen molar-refractivity contribution in [1.82, 2.24) is 19.5 Å². The Morgan fingerprint density at radius 3 is 2.75 bits per heavy atom.